The molecule has 0 aromatic carbocycles. The van der Waals surface area contributed by atoms with Crippen molar-refractivity contribution in [2.75, 3.05) is 5.75 Å². The molecule has 1 unspecified atom stereocenters. The highest BCUT2D eigenvalue weighted by Crippen LogP contribution is 2.27. The molecule has 5 nitrogen and oxygen atoms in total. The summed E-state index contributed by atoms with van der Waals surface area (Å²) in [7, 11) is 1.70. The third-order valence-corrected chi connectivity index (χ3v) is 3.60. The first-order chi connectivity index (χ1) is 6.75. The molecule has 1 aromatic rings. The van der Waals surface area contributed by atoms with Gasteiger partial charge in [-0.3, -0.25) is 4.79 Å². The molecule has 0 amide bonds. The van der Waals surface area contributed by atoms with E-state index in [0.29, 0.717) is 12.2 Å². The molecule has 14 heavy (non-hydrogen) atoms. The van der Waals surface area contributed by atoms with E-state index in [9.17, 15) is 4.79 Å². The van der Waals surface area contributed by atoms with Crippen molar-refractivity contribution in [3.63, 3.8) is 0 Å². The summed E-state index contributed by atoms with van der Waals surface area (Å²) in [6, 6.07) is 0. The van der Waals surface area contributed by atoms with Crippen LogP contribution in [-0.2, 0) is 18.3 Å². The van der Waals surface area contributed by atoms with Crippen molar-refractivity contribution >= 4 is 17.5 Å². The summed E-state index contributed by atoms with van der Waals surface area (Å²) in [6.07, 6.45) is 2.48. The lowest BCUT2D eigenvalue weighted by Gasteiger charge is -2.03. The van der Waals surface area contributed by atoms with E-state index in [1.165, 1.54) is 4.80 Å². The van der Waals surface area contributed by atoms with E-state index in [1.807, 2.05) is 0 Å². The summed E-state index contributed by atoms with van der Waals surface area (Å²) in [5.74, 6) is 1.87. The molecule has 0 bridgehead atoms. The summed E-state index contributed by atoms with van der Waals surface area (Å²) in [4.78, 5) is 13.1. The van der Waals surface area contributed by atoms with Gasteiger partial charge in [0.15, 0.2) is 11.6 Å². The summed E-state index contributed by atoms with van der Waals surface area (Å²) in [6.45, 7) is 0. The van der Waals surface area contributed by atoms with Crippen molar-refractivity contribution in [3.05, 3.63) is 5.82 Å². The van der Waals surface area contributed by atoms with Gasteiger partial charge in [0, 0.05) is 0 Å². The predicted octanol–water partition coefficient (Wildman–Crippen LogP) is 0.217. The van der Waals surface area contributed by atoms with Crippen LogP contribution in [0.1, 0.15) is 18.7 Å². The maximum atomic E-state index is 11.7. The smallest absolute Gasteiger partial charge is 0.182 e. The molecule has 0 N–H and O–H groups in total. The molecule has 0 saturated carbocycles. The summed E-state index contributed by atoms with van der Waals surface area (Å²) in [5.41, 5.74) is 0. The lowest BCUT2D eigenvalue weighted by molar-refractivity contribution is -0.118. The number of hydrogen-bond donors (Lipinski definition) is 0. The average Bonchev–Trinajstić information content (AvgIpc) is 2.75. The molecule has 1 aliphatic heterocycles. The number of Topliss-reactive ketones (excluding diaryl/α,β-unsaturated/α-hetero) is 1. The van der Waals surface area contributed by atoms with E-state index < -0.39 is 0 Å². The number of rotatable bonds is 3. The Morgan fingerprint density at radius 2 is 2.57 bits per heavy atom. The van der Waals surface area contributed by atoms with Gasteiger partial charge in [-0.15, -0.1) is 10.2 Å². The minimum Gasteiger partial charge on any atom is -0.298 e. The summed E-state index contributed by atoms with van der Waals surface area (Å²) < 4.78 is 0. The van der Waals surface area contributed by atoms with Gasteiger partial charge in [-0.2, -0.15) is 16.6 Å². The van der Waals surface area contributed by atoms with Crippen LogP contribution >= 0.6 is 11.8 Å². The first-order valence-corrected chi connectivity index (χ1v) is 5.68. The van der Waals surface area contributed by atoms with Crippen molar-refractivity contribution in [2.24, 2.45) is 7.05 Å². The lowest BCUT2D eigenvalue weighted by atomic mass is 10.1. The molecule has 2 rings (SSSR count). The molecule has 0 radical (unpaired) electrons. The van der Waals surface area contributed by atoms with Crippen LogP contribution in [0.2, 0.25) is 0 Å². The van der Waals surface area contributed by atoms with Crippen molar-refractivity contribution < 1.29 is 4.79 Å². The zero-order valence-electron chi connectivity index (χ0n) is 8.01. The Hall–Kier alpha value is -0.910. The molecule has 1 aromatic heterocycles. The fraction of sp³-hybridized carbons (Fsp3) is 0.750. The summed E-state index contributed by atoms with van der Waals surface area (Å²) >= 11 is 1.74. The fourth-order valence-corrected chi connectivity index (χ4v) is 2.72. The molecule has 6 heteroatoms. The summed E-state index contributed by atoms with van der Waals surface area (Å²) in [5, 5.41) is 11.6. The van der Waals surface area contributed by atoms with Crippen LogP contribution in [0.3, 0.4) is 0 Å². The van der Waals surface area contributed by atoms with E-state index in [2.05, 4.69) is 15.4 Å². The largest absolute Gasteiger partial charge is 0.298 e. The first-order valence-electron chi connectivity index (χ1n) is 4.63. The first kappa shape index (κ1) is 9.64. The van der Waals surface area contributed by atoms with Gasteiger partial charge in [0.05, 0.1) is 18.7 Å². The van der Waals surface area contributed by atoms with Crippen LogP contribution in [0.15, 0.2) is 0 Å². The monoisotopic (exact) mass is 212 g/mol. The Balaban J connectivity index is 1.93. The van der Waals surface area contributed by atoms with Crippen molar-refractivity contribution in [3.8, 4) is 0 Å². The zero-order chi connectivity index (χ0) is 9.97. The number of ketones is 1. The number of carbonyl (C=O) groups excluding carboxylic acids is 1. The van der Waals surface area contributed by atoms with E-state index >= 15 is 0 Å². The number of carbonyl (C=O) groups is 1. The second-order valence-electron chi connectivity index (χ2n) is 3.34. The van der Waals surface area contributed by atoms with E-state index in [1.54, 1.807) is 18.8 Å². The van der Waals surface area contributed by atoms with E-state index in [-0.39, 0.29) is 11.0 Å². The number of aromatic nitrogens is 4. The van der Waals surface area contributed by atoms with Gasteiger partial charge in [0.2, 0.25) is 0 Å². The number of nitrogens with zero attached hydrogens (tertiary/aromatic N) is 4. The Morgan fingerprint density at radius 1 is 1.71 bits per heavy atom. The minimum absolute atomic E-state index is 0.166. The normalized spacial score (nSPS) is 21.4. The van der Waals surface area contributed by atoms with Crippen LogP contribution in [0, 0.1) is 0 Å². The SMILES string of the molecule is Cn1nnc(CC(=O)C2CCCS2)n1. The maximum absolute atomic E-state index is 11.7. The predicted molar refractivity (Wildman–Crippen MR) is 53.0 cm³/mol. The Bertz CT molecular complexity index is 332. The molecule has 0 spiro atoms. The topological polar surface area (TPSA) is 60.7 Å². The number of thioether (sulfide) groups is 1. The molecular weight excluding hydrogens is 200 g/mol. The van der Waals surface area contributed by atoms with Gasteiger partial charge >= 0.3 is 0 Å². The maximum Gasteiger partial charge on any atom is 0.182 e. The number of aryl methyl sites for hydroxylation is 1. The van der Waals surface area contributed by atoms with Crippen molar-refractivity contribution in [1.82, 2.24) is 20.2 Å². The third-order valence-electron chi connectivity index (χ3n) is 2.17. The highest BCUT2D eigenvalue weighted by Gasteiger charge is 2.24. The minimum atomic E-state index is 0.166. The van der Waals surface area contributed by atoms with Crippen molar-refractivity contribution in [1.29, 1.82) is 0 Å². The quantitative estimate of drug-likeness (QED) is 0.717. The van der Waals surface area contributed by atoms with Gasteiger partial charge in [-0.1, -0.05) is 0 Å². The molecular formula is C8H12N4OS. The van der Waals surface area contributed by atoms with Crippen LogP contribution in [0.4, 0.5) is 0 Å². The van der Waals surface area contributed by atoms with Gasteiger partial charge in [-0.05, 0) is 23.8 Å². The zero-order valence-corrected chi connectivity index (χ0v) is 8.83. The standard InChI is InChI=1S/C8H12N4OS/c1-12-10-8(9-11-12)5-6(13)7-3-2-4-14-7/h7H,2-5H2,1H3. The van der Waals surface area contributed by atoms with Gasteiger partial charge in [0.25, 0.3) is 0 Å². The highest BCUT2D eigenvalue weighted by atomic mass is 32.2. The van der Waals surface area contributed by atoms with Crippen LogP contribution in [-0.4, -0.2) is 37.0 Å². The molecule has 1 saturated heterocycles. The Morgan fingerprint density at radius 3 is 3.14 bits per heavy atom. The second kappa shape index (κ2) is 4.08. The number of tetrazole rings is 1. The van der Waals surface area contributed by atoms with E-state index in [4.69, 9.17) is 0 Å². The lowest BCUT2D eigenvalue weighted by Crippen LogP contribution is -2.17. The van der Waals surface area contributed by atoms with Crippen LogP contribution < -0.4 is 0 Å². The second-order valence-corrected chi connectivity index (χ2v) is 4.65. The van der Waals surface area contributed by atoms with Gasteiger partial charge in [-0.25, -0.2) is 0 Å². The third kappa shape index (κ3) is 2.12. The Labute approximate surface area is 86.2 Å². The molecule has 0 aliphatic carbocycles. The molecule has 1 aliphatic rings. The van der Waals surface area contributed by atoms with Crippen LogP contribution in [0.25, 0.3) is 0 Å². The molecule has 1 fully saturated rings. The number of hydrogen-bond acceptors (Lipinski definition) is 5. The van der Waals surface area contributed by atoms with E-state index in [0.717, 1.165) is 18.6 Å². The molecule has 1 atom stereocenters. The fourth-order valence-electron chi connectivity index (χ4n) is 1.50. The molecule has 76 valence electrons. The highest BCUT2D eigenvalue weighted by molar-refractivity contribution is 8.00. The Kier molecular flexibility index (Phi) is 2.81. The van der Waals surface area contributed by atoms with Gasteiger partial charge < -0.3 is 0 Å². The average molecular weight is 212 g/mol. The van der Waals surface area contributed by atoms with Crippen molar-refractivity contribution in [2.45, 2.75) is 24.5 Å². The van der Waals surface area contributed by atoms with Crippen LogP contribution in [0.5, 0.6) is 0 Å². The molecule has 2 heterocycles. The van der Waals surface area contributed by atoms with Gasteiger partial charge in [0.1, 0.15) is 0 Å².